The summed E-state index contributed by atoms with van der Waals surface area (Å²) in [6.07, 6.45) is 3.64. The Hall–Kier alpha value is -1.85. The van der Waals surface area contributed by atoms with Gasteiger partial charge in [0.15, 0.2) is 0 Å². The average molecular weight is 292 g/mol. The van der Waals surface area contributed by atoms with Gasteiger partial charge in [0.1, 0.15) is 0 Å². The summed E-state index contributed by atoms with van der Waals surface area (Å²) in [5, 5.41) is 13.7. The lowest BCUT2D eigenvalue weighted by Gasteiger charge is -2.02. The number of halogens is 1. The molecule has 0 bridgehead atoms. The molecule has 1 fully saturated rings. The highest BCUT2D eigenvalue weighted by molar-refractivity contribution is 6.31. The summed E-state index contributed by atoms with van der Waals surface area (Å²) in [5.41, 5.74) is 3.65. The first-order valence-electron chi connectivity index (χ1n) is 6.30. The number of hydrogen-bond acceptors (Lipinski definition) is 3. The van der Waals surface area contributed by atoms with E-state index in [1.807, 2.05) is 37.5 Å². The van der Waals surface area contributed by atoms with Gasteiger partial charge in [-0.25, -0.2) is 5.48 Å². The molecule has 0 saturated heterocycles. The number of rotatable bonds is 3. The fourth-order valence-electron chi connectivity index (χ4n) is 2.87. The minimum absolute atomic E-state index is 0.00394. The van der Waals surface area contributed by atoms with Crippen molar-refractivity contribution in [1.82, 2.24) is 15.3 Å². The molecular formula is C14H14ClN3O2. The van der Waals surface area contributed by atoms with Crippen LogP contribution in [0.1, 0.15) is 23.0 Å². The molecule has 5 nitrogen and oxygen atoms in total. The summed E-state index contributed by atoms with van der Waals surface area (Å²) in [6.45, 7) is 0. The van der Waals surface area contributed by atoms with Gasteiger partial charge < -0.3 is 0 Å². The molecule has 2 N–H and O–H groups in total. The molecule has 20 heavy (non-hydrogen) atoms. The minimum Gasteiger partial charge on any atom is -0.289 e. The SMILES string of the molecule is Cn1cc(C2C(C(=O)NO)C2c2ccccc2Cl)cn1. The monoisotopic (exact) mass is 291 g/mol. The van der Waals surface area contributed by atoms with E-state index in [-0.39, 0.29) is 23.7 Å². The van der Waals surface area contributed by atoms with E-state index in [0.717, 1.165) is 11.1 Å². The van der Waals surface area contributed by atoms with Crippen molar-refractivity contribution in [3.63, 3.8) is 0 Å². The maximum absolute atomic E-state index is 11.8. The molecular weight excluding hydrogens is 278 g/mol. The summed E-state index contributed by atoms with van der Waals surface area (Å²) in [4.78, 5) is 11.8. The van der Waals surface area contributed by atoms with E-state index < -0.39 is 0 Å². The van der Waals surface area contributed by atoms with Gasteiger partial charge in [-0.1, -0.05) is 29.8 Å². The number of aromatic nitrogens is 2. The van der Waals surface area contributed by atoms with Crippen molar-refractivity contribution in [2.45, 2.75) is 11.8 Å². The number of hydrogen-bond donors (Lipinski definition) is 2. The Bertz CT molecular complexity index is 655. The third kappa shape index (κ3) is 2.09. The van der Waals surface area contributed by atoms with Crippen LogP contribution in [0, 0.1) is 5.92 Å². The molecule has 104 valence electrons. The van der Waals surface area contributed by atoms with Crippen molar-refractivity contribution >= 4 is 17.5 Å². The Labute approximate surface area is 121 Å². The van der Waals surface area contributed by atoms with Crippen LogP contribution in [0.3, 0.4) is 0 Å². The Morgan fingerprint density at radius 3 is 2.75 bits per heavy atom. The van der Waals surface area contributed by atoms with Crippen molar-refractivity contribution < 1.29 is 10.0 Å². The first-order chi connectivity index (χ1) is 9.63. The lowest BCUT2D eigenvalue weighted by Crippen LogP contribution is -2.21. The first-order valence-corrected chi connectivity index (χ1v) is 6.68. The highest BCUT2D eigenvalue weighted by Crippen LogP contribution is 2.61. The number of hydroxylamine groups is 1. The van der Waals surface area contributed by atoms with Crippen LogP contribution in [0.2, 0.25) is 5.02 Å². The number of benzene rings is 1. The second-order valence-corrected chi connectivity index (χ2v) is 5.43. The summed E-state index contributed by atoms with van der Waals surface area (Å²) in [7, 11) is 1.83. The van der Waals surface area contributed by atoms with Gasteiger partial charge in [-0.15, -0.1) is 0 Å². The van der Waals surface area contributed by atoms with E-state index in [1.165, 1.54) is 0 Å². The number of aryl methyl sites for hydroxylation is 1. The smallest absolute Gasteiger partial charge is 0.247 e. The molecule has 3 rings (SSSR count). The molecule has 1 amide bonds. The lowest BCUT2D eigenvalue weighted by atomic mass is 10.1. The molecule has 3 unspecified atom stereocenters. The summed E-state index contributed by atoms with van der Waals surface area (Å²) in [5.74, 6) is -0.733. The van der Waals surface area contributed by atoms with Crippen LogP contribution < -0.4 is 5.48 Å². The van der Waals surface area contributed by atoms with Gasteiger partial charge in [0.25, 0.3) is 0 Å². The summed E-state index contributed by atoms with van der Waals surface area (Å²) in [6, 6.07) is 7.48. The molecule has 1 aliphatic carbocycles. The molecule has 6 heteroatoms. The molecule has 1 aromatic carbocycles. The van der Waals surface area contributed by atoms with Crippen LogP contribution >= 0.6 is 11.6 Å². The van der Waals surface area contributed by atoms with Gasteiger partial charge >= 0.3 is 0 Å². The van der Waals surface area contributed by atoms with Crippen molar-refractivity contribution in [1.29, 1.82) is 0 Å². The topological polar surface area (TPSA) is 67.2 Å². The molecule has 0 aliphatic heterocycles. The van der Waals surface area contributed by atoms with E-state index in [1.54, 1.807) is 16.4 Å². The second-order valence-electron chi connectivity index (χ2n) is 5.02. The molecule has 1 saturated carbocycles. The third-order valence-corrected chi connectivity index (χ3v) is 4.15. The number of carbonyl (C=O) groups excluding carboxylic acids is 1. The Morgan fingerprint density at radius 1 is 1.40 bits per heavy atom. The summed E-state index contributed by atoms with van der Waals surface area (Å²) >= 11 is 6.22. The van der Waals surface area contributed by atoms with E-state index in [9.17, 15) is 4.79 Å². The van der Waals surface area contributed by atoms with E-state index >= 15 is 0 Å². The van der Waals surface area contributed by atoms with Crippen LogP contribution in [0.4, 0.5) is 0 Å². The van der Waals surface area contributed by atoms with Gasteiger partial charge in [0.05, 0.1) is 12.1 Å². The van der Waals surface area contributed by atoms with E-state index in [0.29, 0.717) is 5.02 Å². The van der Waals surface area contributed by atoms with Crippen LogP contribution in [-0.4, -0.2) is 20.9 Å². The predicted octanol–water partition coefficient (Wildman–Crippen LogP) is 2.08. The zero-order valence-electron chi connectivity index (χ0n) is 10.8. The zero-order valence-corrected chi connectivity index (χ0v) is 11.6. The van der Waals surface area contributed by atoms with Gasteiger partial charge in [-0.3, -0.25) is 14.7 Å². The number of nitrogens with zero attached hydrogens (tertiary/aromatic N) is 2. The van der Waals surface area contributed by atoms with Gasteiger partial charge in [-0.05, 0) is 17.2 Å². The van der Waals surface area contributed by atoms with Gasteiger partial charge in [0, 0.05) is 30.1 Å². The van der Waals surface area contributed by atoms with Crippen molar-refractivity contribution in [2.75, 3.05) is 0 Å². The number of carbonyl (C=O) groups is 1. The van der Waals surface area contributed by atoms with Gasteiger partial charge in [-0.2, -0.15) is 5.10 Å². The Balaban J connectivity index is 1.97. The van der Waals surface area contributed by atoms with E-state index in [2.05, 4.69) is 5.10 Å². The average Bonchev–Trinajstić information content (AvgIpc) is 3.04. The van der Waals surface area contributed by atoms with Crippen molar-refractivity contribution in [3.05, 3.63) is 52.8 Å². The highest BCUT2D eigenvalue weighted by atomic mass is 35.5. The molecule has 1 heterocycles. The quantitative estimate of drug-likeness (QED) is 0.672. The Kier molecular flexibility index (Phi) is 3.23. The number of nitrogens with one attached hydrogen (secondary N) is 1. The van der Waals surface area contributed by atoms with Crippen molar-refractivity contribution in [3.8, 4) is 0 Å². The van der Waals surface area contributed by atoms with Crippen molar-refractivity contribution in [2.24, 2.45) is 13.0 Å². The fourth-order valence-corrected chi connectivity index (χ4v) is 3.13. The molecule has 2 aromatic rings. The molecule has 1 aliphatic rings. The van der Waals surface area contributed by atoms with Crippen LogP contribution in [-0.2, 0) is 11.8 Å². The molecule has 1 aromatic heterocycles. The maximum atomic E-state index is 11.8. The fraction of sp³-hybridized carbons (Fsp3) is 0.286. The molecule has 0 radical (unpaired) electrons. The minimum atomic E-state index is -0.385. The first kappa shape index (κ1) is 13.1. The second kappa shape index (κ2) is 4.92. The predicted molar refractivity (Wildman–Crippen MR) is 73.6 cm³/mol. The lowest BCUT2D eigenvalue weighted by molar-refractivity contribution is -0.130. The normalized spacial score (nSPS) is 24.4. The van der Waals surface area contributed by atoms with E-state index in [4.69, 9.17) is 16.8 Å². The highest BCUT2D eigenvalue weighted by Gasteiger charge is 2.57. The Morgan fingerprint density at radius 2 is 2.15 bits per heavy atom. The summed E-state index contributed by atoms with van der Waals surface area (Å²) < 4.78 is 1.70. The number of amides is 1. The van der Waals surface area contributed by atoms with Crippen LogP contribution in [0.5, 0.6) is 0 Å². The molecule has 3 atom stereocenters. The van der Waals surface area contributed by atoms with Gasteiger partial charge in [0.2, 0.25) is 5.91 Å². The maximum Gasteiger partial charge on any atom is 0.247 e. The van der Waals surface area contributed by atoms with Crippen LogP contribution in [0.25, 0.3) is 0 Å². The largest absolute Gasteiger partial charge is 0.289 e. The molecule has 0 spiro atoms. The standard InChI is InChI=1S/C14H14ClN3O2/c1-18-7-8(6-16-18)11-12(13(11)14(19)17-20)9-4-2-3-5-10(9)15/h2-7,11-13,20H,1H3,(H,17,19). The van der Waals surface area contributed by atoms with Crippen LogP contribution in [0.15, 0.2) is 36.7 Å². The zero-order chi connectivity index (χ0) is 14.3. The third-order valence-electron chi connectivity index (χ3n) is 3.81.